The number of thioether (sulfide) groups is 1. The van der Waals surface area contributed by atoms with Crippen LogP contribution in [0.1, 0.15) is 41.4 Å². The molecular weight excluding hydrogens is 322 g/mol. The van der Waals surface area contributed by atoms with Crippen LogP contribution in [0.15, 0.2) is 53.4 Å². The number of benzene rings is 2. The third-order valence-corrected chi connectivity index (χ3v) is 4.56. The van der Waals surface area contributed by atoms with Crippen LogP contribution in [0.2, 0.25) is 0 Å². The number of carbonyl (C=O) groups is 2. The molecule has 2 rings (SSSR count). The average molecular weight is 343 g/mol. The molecule has 2 N–H and O–H groups in total. The fourth-order valence-corrected chi connectivity index (χ4v) is 3.11. The summed E-state index contributed by atoms with van der Waals surface area (Å²) in [5.41, 5.74) is 1.71. The molecular formula is C19H21NO3S. The molecule has 24 heavy (non-hydrogen) atoms. The molecule has 2 aromatic rings. The molecule has 4 nitrogen and oxygen atoms in total. The van der Waals surface area contributed by atoms with Gasteiger partial charge in [0.1, 0.15) is 0 Å². The van der Waals surface area contributed by atoms with Gasteiger partial charge in [-0.1, -0.05) is 37.3 Å². The highest BCUT2D eigenvalue weighted by molar-refractivity contribution is 7.99. The second-order valence-electron chi connectivity index (χ2n) is 5.43. The van der Waals surface area contributed by atoms with Crippen molar-refractivity contribution in [2.45, 2.75) is 31.2 Å². The molecule has 0 radical (unpaired) electrons. The molecule has 1 atom stereocenters. The van der Waals surface area contributed by atoms with Gasteiger partial charge in [0.05, 0.1) is 18.0 Å². The number of carboxylic acids is 1. The van der Waals surface area contributed by atoms with E-state index in [4.69, 9.17) is 0 Å². The third kappa shape index (κ3) is 4.86. The average Bonchev–Trinajstić information content (AvgIpc) is 2.56. The molecule has 0 aromatic heterocycles. The van der Waals surface area contributed by atoms with Crippen molar-refractivity contribution in [2.75, 3.05) is 5.75 Å². The number of aromatic carboxylic acids is 1. The van der Waals surface area contributed by atoms with Gasteiger partial charge in [0.25, 0.3) is 0 Å². The maximum atomic E-state index is 12.2. The van der Waals surface area contributed by atoms with Crippen LogP contribution in [0, 0.1) is 0 Å². The SMILES string of the molecule is CCSc1ccc(C(C)NC(=O)Cc2ccccc2C(=O)O)cc1. The second kappa shape index (κ2) is 8.55. The van der Waals surface area contributed by atoms with E-state index in [0.29, 0.717) is 5.56 Å². The molecule has 0 aliphatic rings. The molecule has 0 saturated heterocycles. The van der Waals surface area contributed by atoms with E-state index < -0.39 is 5.97 Å². The highest BCUT2D eigenvalue weighted by Crippen LogP contribution is 2.21. The van der Waals surface area contributed by atoms with E-state index in [2.05, 4.69) is 12.2 Å². The topological polar surface area (TPSA) is 66.4 Å². The largest absolute Gasteiger partial charge is 0.478 e. The summed E-state index contributed by atoms with van der Waals surface area (Å²) in [5, 5.41) is 12.1. The Morgan fingerprint density at radius 3 is 2.42 bits per heavy atom. The lowest BCUT2D eigenvalue weighted by Crippen LogP contribution is -2.28. The molecule has 0 fully saturated rings. The highest BCUT2D eigenvalue weighted by atomic mass is 32.2. The monoisotopic (exact) mass is 343 g/mol. The lowest BCUT2D eigenvalue weighted by atomic mass is 10.0. The summed E-state index contributed by atoms with van der Waals surface area (Å²) in [5.74, 6) is -0.187. The molecule has 0 spiro atoms. The molecule has 0 heterocycles. The number of carboxylic acid groups (broad SMARTS) is 1. The Kier molecular flexibility index (Phi) is 6.44. The maximum Gasteiger partial charge on any atom is 0.335 e. The maximum absolute atomic E-state index is 12.2. The van der Waals surface area contributed by atoms with Gasteiger partial charge < -0.3 is 10.4 Å². The smallest absolute Gasteiger partial charge is 0.335 e. The van der Waals surface area contributed by atoms with Crippen molar-refractivity contribution in [3.63, 3.8) is 0 Å². The van der Waals surface area contributed by atoms with E-state index in [-0.39, 0.29) is 23.9 Å². The Labute approximate surface area is 146 Å². The van der Waals surface area contributed by atoms with Crippen LogP contribution < -0.4 is 5.32 Å². The zero-order valence-corrected chi connectivity index (χ0v) is 14.6. The van der Waals surface area contributed by atoms with E-state index in [9.17, 15) is 14.7 Å². The molecule has 126 valence electrons. The molecule has 5 heteroatoms. The Morgan fingerprint density at radius 1 is 1.12 bits per heavy atom. The number of hydrogen-bond donors (Lipinski definition) is 2. The number of nitrogens with one attached hydrogen (secondary N) is 1. The van der Waals surface area contributed by atoms with E-state index in [0.717, 1.165) is 11.3 Å². The van der Waals surface area contributed by atoms with Crippen molar-refractivity contribution in [2.24, 2.45) is 0 Å². The standard InChI is InChI=1S/C19H21NO3S/c1-3-24-16-10-8-14(9-11-16)13(2)20-18(21)12-15-6-4-5-7-17(15)19(22)23/h4-11,13H,3,12H2,1-2H3,(H,20,21)(H,22,23). The van der Waals surface area contributed by atoms with Crippen LogP contribution in [-0.2, 0) is 11.2 Å². The van der Waals surface area contributed by atoms with Crippen LogP contribution >= 0.6 is 11.8 Å². The summed E-state index contributed by atoms with van der Waals surface area (Å²) < 4.78 is 0. The normalized spacial score (nSPS) is 11.8. The summed E-state index contributed by atoms with van der Waals surface area (Å²) in [7, 11) is 0. The van der Waals surface area contributed by atoms with Crippen molar-refractivity contribution in [1.29, 1.82) is 0 Å². The zero-order chi connectivity index (χ0) is 17.5. The van der Waals surface area contributed by atoms with E-state index in [1.807, 2.05) is 31.2 Å². The molecule has 0 aliphatic carbocycles. The van der Waals surface area contributed by atoms with E-state index in [1.165, 1.54) is 11.0 Å². The predicted molar refractivity (Wildman–Crippen MR) is 96.5 cm³/mol. The Bertz CT molecular complexity index is 713. The van der Waals surface area contributed by atoms with Gasteiger partial charge in [-0.15, -0.1) is 11.8 Å². The predicted octanol–water partition coefficient (Wildman–Crippen LogP) is 3.92. The minimum absolute atomic E-state index is 0.0522. The Morgan fingerprint density at radius 2 is 1.79 bits per heavy atom. The first-order valence-electron chi connectivity index (χ1n) is 7.84. The van der Waals surface area contributed by atoms with Crippen molar-refractivity contribution in [1.82, 2.24) is 5.32 Å². The van der Waals surface area contributed by atoms with E-state index in [1.54, 1.807) is 30.0 Å². The summed E-state index contributed by atoms with van der Waals surface area (Å²) in [6, 6.07) is 14.6. The molecule has 1 unspecified atom stereocenters. The lowest BCUT2D eigenvalue weighted by Gasteiger charge is -2.15. The summed E-state index contributed by atoms with van der Waals surface area (Å²) in [6.07, 6.45) is 0.0522. The van der Waals surface area contributed by atoms with Crippen LogP contribution in [0.25, 0.3) is 0 Å². The Hall–Kier alpha value is -2.27. The van der Waals surface area contributed by atoms with Gasteiger partial charge in [0, 0.05) is 4.90 Å². The molecule has 1 amide bonds. The number of amides is 1. The third-order valence-electron chi connectivity index (χ3n) is 3.67. The number of hydrogen-bond acceptors (Lipinski definition) is 3. The van der Waals surface area contributed by atoms with Crippen LogP contribution in [0.5, 0.6) is 0 Å². The van der Waals surface area contributed by atoms with Crippen LogP contribution in [-0.4, -0.2) is 22.7 Å². The van der Waals surface area contributed by atoms with Gasteiger partial charge in [-0.3, -0.25) is 4.79 Å². The first-order chi connectivity index (χ1) is 11.5. The fourth-order valence-electron chi connectivity index (χ4n) is 2.45. The quantitative estimate of drug-likeness (QED) is 0.748. The molecule has 0 bridgehead atoms. The first-order valence-corrected chi connectivity index (χ1v) is 8.83. The van der Waals surface area contributed by atoms with Crippen molar-refractivity contribution in [3.05, 3.63) is 65.2 Å². The molecule has 0 aliphatic heterocycles. The highest BCUT2D eigenvalue weighted by Gasteiger charge is 2.14. The summed E-state index contributed by atoms with van der Waals surface area (Å²) in [6.45, 7) is 4.03. The van der Waals surface area contributed by atoms with Crippen molar-refractivity contribution in [3.8, 4) is 0 Å². The summed E-state index contributed by atoms with van der Waals surface area (Å²) >= 11 is 1.77. The minimum atomic E-state index is -1.02. The van der Waals surface area contributed by atoms with Crippen molar-refractivity contribution < 1.29 is 14.7 Å². The Balaban J connectivity index is 2.00. The van der Waals surface area contributed by atoms with Gasteiger partial charge in [0.15, 0.2) is 0 Å². The van der Waals surface area contributed by atoms with Crippen LogP contribution in [0.4, 0.5) is 0 Å². The van der Waals surface area contributed by atoms with Gasteiger partial charge >= 0.3 is 5.97 Å². The molecule has 2 aromatic carbocycles. The number of carbonyl (C=O) groups excluding carboxylic acids is 1. The fraction of sp³-hybridized carbons (Fsp3) is 0.263. The van der Waals surface area contributed by atoms with Crippen LogP contribution in [0.3, 0.4) is 0 Å². The van der Waals surface area contributed by atoms with Gasteiger partial charge in [-0.2, -0.15) is 0 Å². The summed E-state index contributed by atoms with van der Waals surface area (Å²) in [4.78, 5) is 24.6. The first kappa shape index (κ1) is 18.1. The van der Waals surface area contributed by atoms with Gasteiger partial charge in [-0.05, 0) is 42.0 Å². The van der Waals surface area contributed by atoms with E-state index >= 15 is 0 Å². The van der Waals surface area contributed by atoms with Gasteiger partial charge in [-0.25, -0.2) is 4.79 Å². The number of rotatable bonds is 7. The second-order valence-corrected chi connectivity index (χ2v) is 6.77. The lowest BCUT2D eigenvalue weighted by molar-refractivity contribution is -0.121. The minimum Gasteiger partial charge on any atom is -0.478 e. The molecule has 0 saturated carbocycles. The zero-order valence-electron chi connectivity index (χ0n) is 13.8. The van der Waals surface area contributed by atoms with Gasteiger partial charge in [0.2, 0.25) is 5.91 Å². The van der Waals surface area contributed by atoms with Crippen molar-refractivity contribution >= 4 is 23.6 Å².